The molecule has 4 aromatic carbocycles. The van der Waals surface area contributed by atoms with Gasteiger partial charge in [0.05, 0.1) is 12.1 Å². The lowest BCUT2D eigenvalue weighted by Gasteiger charge is -2.32. The van der Waals surface area contributed by atoms with E-state index in [0.29, 0.717) is 45.7 Å². The van der Waals surface area contributed by atoms with Gasteiger partial charge in [-0.3, -0.25) is 43.3 Å². The van der Waals surface area contributed by atoms with Gasteiger partial charge in [0.1, 0.15) is 42.3 Å². The molecular weight excluding hydrogens is 1140 g/mol. The maximum Gasteiger partial charge on any atom is 0.245 e. The molecule has 2 aromatic heterocycles. The highest BCUT2D eigenvalue weighted by Gasteiger charge is 2.39. The van der Waals surface area contributed by atoms with Crippen molar-refractivity contribution in [1.29, 1.82) is 0 Å². The van der Waals surface area contributed by atoms with Crippen LogP contribution in [0.2, 0.25) is 5.02 Å². The summed E-state index contributed by atoms with van der Waals surface area (Å²) in [6, 6.07) is 24.6. The average molecular weight is 1220 g/mol. The molecule has 0 aliphatic carbocycles. The third-order valence-corrected chi connectivity index (χ3v) is 17.3. The third-order valence-electron chi connectivity index (χ3n) is 14.6. The van der Waals surface area contributed by atoms with E-state index in [1.165, 1.54) is 32.1 Å². The number of aromatic nitrogens is 2. The summed E-state index contributed by atoms with van der Waals surface area (Å²) in [5.41, 5.74) is 16.5. The Kier molecular flexibility index (Phi) is 24.3. The fraction of sp³-hybridized carbons (Fsp3) is 0.361. The van der Waals surface area contributed by atoms with Crippen LogP contribution in [0.15, 0.2) is 140 Å². The maximum atomic E-state index is 15.1. The predicted octanol–water partition coefficient (Wildman–Crippen LogP) is 2.79. The maximum absolute atomic E-state index is 15.1. The number of fused-ring (bicyclic) bond motifs is 1. The van der Waals surface area contributed by atoms with Gasteiger partial charge in [-0.05, 0) is 91.2 Å². The van der Waals surface area contributed by atoms with Gasteiger partial charge in [-0.15, -0.1) is 0 Å². The van der Waals surface area contributed by atoms with E-state index < -0.39 is 108 Å². The van der Waals surface area contributed by atoms with Gasteiger partial charge in [0.25, 0.3) is 0 Å². The van der Waals surface area contributed by atoms with E-state index in [2.05, 4.69) is 47.2 Å². The van der Waals surface area contributed by atoms with E-state index in [4.69, 9.17) is 23.1 Å². The van der Waals surface area contributed by atoms with E-state index in [0.717, 1.165) is 32.5 Å². The van der Waals surface area contributed by atoms with Crippen molar-refractivity contribution in [3.63, 3.8) is 0 Å². The Morgan fingerprint density at radius 2 is 1.34 bits per heavy atom. The first kappa shape index (κ1) is 64.8. The molecule has 21 nitrogen and oxygen atoms in total. The van der Waals surface area contributed by atoms with E-state index >= 15 is 9.59 Å². The standard InChI is InChI=1S/C61H73ClN12O9S2/c1-36(75)52-60(82)71-49(57(79)73-53(59(81)65-2)51(39-16-6-4-7-17-39)40-18-8-5-9-19-40)34-84-85-35-50(74(3)61(83)44(64)29-37-23-25-42(62)26-24-37)58(80)70-47(30-38-15-14-28-66-32-38)55(77)69-48(31-41-33-67-45-21-11-10-20-43(41)45)56(78)68-46(54(76)72-52)22-12-13-27-63/h4-11,14-21,23-26,28,32-33,36,44,46-53,67,75H,12-13,22,27,29-31,34-35,63-64H2,1-3H3,(H,65,81)(H,68,78)(H,69,77)(H,70,80)(H,71,82)(H,72,76)(H,73,79)/t36-,44?,46-,47?,48+,49+,50-,52+,53?/m0/s1. The molecule has 1 fully saturated rings. The van der Waals surface area contributed by atoms with E-state index in [1.807, 2.05) is 60.7 Å². The molecule has 0 spiro atoms. The number of aromatic amines is 1. The van der Waals surface area contributed by atoms with Crippen LogP contribution in [-0.2, 0) is 57.6 Å². The second-order valence-corrected chi connectivity index (χ2v) is 23.7. The number of para-hydroxylation sites is 1. The number of H-pyrrole nitrogens is 1. The molecule has 0 saturated carbocycles. The minimum Gasteiger partial charge on any atom is -0.391 e. The Morgan fingerprint density at radius 1 is 0.729 bits per heavy atom. The topological polar surface area (TPSA) is 325 Å². The molecule has 7 rings (SSSR count). The van der Waals surface area contributed by atoms with Crippen LogP contribution in [0.25, 0.3) is 10.9 Å². The monoisotopic (exact) mass is 1220 g/mol. The van der Waals surface area contributed by atoms with E-state index in [1.54, 1.807) is 73.1 Å². The lowest BCUT2D eigenvalue weighted by molar-refractivity contribution is -0.140. The van der Waals surface area contributed by atoms with Crippen LogP contribution in [0.1, 0.15) is 59.9 Å². The van der Waals surface area contributed by atoms with Crippen molar-refractivity contribution in [1.82, 2.24) is 52.1 Å². The predicted molar refractivity (Wildman–Crippen MR) is 330 cm³/mol. The number of aliphatic hydroxyl groups is 1. The molecule has 85 heavy (non-hydrogen) atoms. The lowest BCUT2D eigenvalue weighted by atomic mass is 9.84. The summed E-state index contributed by atoms with van der Waals surface area (Å²) < 4.78 is 0. The van der Waals surface area contributed by atoms with Crippen molar-refractivity contribution >= 4 is 91.3 Å². The molecule has 1 aliphatic rings. The summed E-state index contributed by atoms with van der Waals surface area (Å²) in [5.74, 6) is -7.38. The van der Waals surface area contributed by atoms with Gasteiger partial charge in [-0.25, -0.2) is 0 Å². The van der Waals surface area contributed by atoms with Crippen molar-refractivity contribution in [2.75, 3.05) is 32.1 Å². The Balaban J connectivity index is 1.30. The first-order valence-electron chi connectivity index (χ1n) is 27.9. The Bertz CT molecular complexity index is 3180. The number of pyridine rings is 1. The van der Waals surface area contributed by atoms with Gasteiger partial charge < -0.3 is 63.7 Å². The number of hydrogen-bond donors (Lipinski definition) is 11. The van der Waals surface area contributed by atoms with Gasteiger partial charge in [-0.1, -0.05) is 130 Å². The second-order valence-electron chi connectivity index (χ2n) is 20.8. The van der Waals surface area contributed by atoms with Crippen LogP contribution >= 0.6 is 33.2 Å². The number of carbonyl (C=O) groups is 8. The number of nitrogens with two attached hydrogens (primary N) is 2. The fourth-order valence-electron chi connectivity index (χ4n) is 9.95. The van der Waals surface area contributed by atoms with Crippen LogP contribution in [0.3, 0.4) is 0 Å². The molecule has 1 saturated heterocycles. The highest BCUT2D eigenvalue weighted by Crippen LogP contribution is 2.30. The number of hydrogen-bond acceptors (Lipinski definition) is 14. The van der Waals surface area contributed by atoms with Gasteiger partial charge >= 0.3 is 0 Å². The number of nitrogens with one attached hydrogen (secondary N) is 8. The summed E-state index contributed by atoms with van der Waals surface area (Å²) in [5, 5.41) is 31.9. The summed E-state index contributed by atoms with van der Waals surface area (Å²) in [7, 11) is 4.94. The summed E-state index contributed by atoms with van der Waals surface area (Å²) in [4.78, 5) is 126. The van der Waals surface area contributed by atoms with Crippen LogP contribution in [0.4, 0.5) is 0 Å². The average Bonchev–Trinajstić information content (AvgIpc) is 4.05. The lowest BCUT2D eigenvalue weighted by Crippen LogP contribution is -2.62. The van der Waals surface area contributed by atoms with Crippen LogP contribution < -0.4 is 48.7 Å². The number of halogens is 1. The first-order valence-corrected chi connectivity index (χ1v) is 30.8. The Morgan fingerprint density at radius 3 is 1.98 bits per heavy atom. The number of unbranched alkanes of at least 4 members (excludes halogenated alkanes) is 1. The van der Waals surface area contributed by atoms with Crippen molar-refractivity contribution in [2.24, 2.45) is 11.5 Å². The van der Waals surface area contributed by atoms with E-state index in [-0.39, 0.29) is 43.7 Å². The van der Waals surface area contributed by atoms with Crippen LogP contribution in [0, 0.1) is 0 Å². The smallest absolute Gasteiger partial charge is 0.245 e. The number of likely N-dealkylation sites (N-methyl/N-ethyl adjacent to an activating group) is 2. The summed E-state index contributed by atoms with van der Waals surface area (Å²) >= 11 is 6.15. The normalized spacial score (nSPS) is 20.5. The molecule has 0 bridgehead atoms. The zero-order chi connectivity index (χ0) is 61.0. The number of rotatable bonds is 19. The Labute approximate surface area is 506 Å². The van der Waals surface area contributed by atoms with Crippen molar-refractivity contribution in [3.8, 4) is 0 Å². The highest BCUT2D eigenvalue weighted by molar-refractivity contribution is 8.76. The zero-order valence-electron chi connectivity index (χ0n) is 47.4. The molecular formula is C61H73ClN12O9S2. The SMILES string of the molecule is CNC(=O)C(NC(=O)[C@H]1CSSC[C@H](N(C)C(=O)C(N)Cc2ccc(Cl)cc2)C(=O)NC(Cc2cccnc2)C(=O)N[C@H](Cc2c[nH]c3ccccc23)C(=O)N[C@@H](CCCCN)C(=O)N[C@H]([C@H](C)O)C(=O)N1)C(c1ccccc1)c1ccccc1. The molecule has 13 N–H and O–H groups in total. The largest absolute Gasteiger partial charge is 0.391 e. The molecule has 9 atom stereocenters. The molecule has 3 heterocycles. The fourth-order valence-corrected chi connectivity index (χ4v) is 12.5. The molecule has 24 heteroatoms. The Hall–Kier alpha value is -7.80. The second kappa shape index (κ2) is 31.9. The van der Waals surface area contributed by atoms with Crippen molar-refractivity contribution < 1.29 is 43.5 Å². The number of nitrogens with zero attached hydrogens (tertiary/aromatic N) is 2. The zero-order valence-corrected chi connectivity index (χ0v) is 49.8. The number of carbonyl (C=O) groups excluding carboxylic acids is 8. The number of aliphatic hydroxyl groups excluding tert-OH is 1. The minimum atomic E-state index is -1.71. The van der Waals surface area contributed by atoms with Gasteiger partial charge in [-0.2, -0.15) is 0 Å². The van der Waals surface area contributed by atoms with Crippen molar-refractivity contribution in [3.05, 3.63) is 173 Å². The number of amides is 8. The molecule has 0 radical (unpaired) electrons. The highest BCUT2D eigenvalue weighted by atomic mass is 35.5. The van der Waals surface area contributed by atoms with Gasteiger partial charge in [0.2, 0.25) is 47.3 Å². The van der Waals surface area contributed by atoms with Gasteiger partial charge in [0.15, 0.2) is 0 Å². The molecule has 8 amide bonds. The van der Waals surface area contributed by atoms with Gasteiger partial charge in [0, 0.05) is 78.9 Å². The third kappa shape index (κ3) is 18.1. The summed E-state index contributed by atoms with van der Waals surface area (Å²) in [6.45, 7) is 1.53. The molecule has 1 aliphatic heterocycles. The minimum absolute atomic E-state index is 0.0110. The molecule has 6 aromatic rings. The summed E-state index contributed by atoms with van der Waals surface area (Å²) in [6.07, 6.45) is 3.84. The molecule has 3 unspecified atom stereocenters. The quantitative estimate of drug-likeness (QED) is 0.0411. The van der Waals surface area contributed by atoms with Crippen LogP contribution in [-0.4, -0.2) is 154 Å². The first-order chi connectivity index (χ1) is 41.0. The van der Waals surface area contributed by atoms with Crippen LogP contribution in [0.5, 0.6) is 0 Å². The van der Waals surface area contributed by atoms with E-state index in [9.17, 15) is 33.9 Å². The van der Waals surface area contributed by atoms with Crippen molar-refractivity contribution in [2.45, 2.75) is 106 Å². The number of benzene rings is 4. The molecule has 450 valence electrons.